The van der Waals surface area contributed by atoms with Crippen LogP contribution < -0.4 is 10.1 Å². The quantitative estimate of drug-likeness (QED) is 0.596. The molecule has 5 heteroatoms. The van der Waals surface area contributed by atoms with Crippen molar-refractivity contribution < 1.29 is 19.1 Å². The van der Waals surface area contributed by atoms with Gasteiger partial charge in [-0.25, -0.2) is 4.79 Å². The number of hydrogen-bond acceptors (Lipinski definition) is 4. The van der Waals surface area contributed by atoms with Gasteiger partial charge >= 0.3 is 5.97 Å². The molecule has 0 spiro atoms. The summed E-state index contributed by atoms with van der Waals surface area (Å²) >= 11 is 0. The van der Waals surface area contributed by atoms with E-state index in [9.17, 15) is 9.59 Å². The van der Waals surface area contributed by atoms with Crippen molar-refractivity contribution in [3.8, 4) is 5.75 Å². The Morgan fingerprint density at radius 1 is 0.862 bits per heavy atom. The zero-order valence-corrected chi connectivity index (χ0v) is 16.5. The summed E-state index contributed by atoms with van der Waals surface area (Å²) in [6, 6.07) is 22.0. The highest BCUT2D eigenvalue weighted by atomic mass is 16.5. The van der Waals surface area contributed by atoms with Crippen molar-refractivity contribution in [3.05, 3.63) is 95.1 Å². The Kier molecular flexibility index (Phi) is 6.63. The topological polar surface area (TPSA) is 64.6 Å². The lowest BCUT2D eigenvalue weighted by Gasteiger charge is -2.12. The summed E-state index contributed by atoms with van der Waals surface area (Å²) in [4.78, 5) is 24.7. The number of anilines is 1. The molecular weight excluding hydrogens is 366 g/mol. The molecule has 0 atom stereocenters. The number of hydrogen-bond donors (Lipinski definition) is 1. The molecule has 0 saturated carbocycles. The van der Waals surface area contributed by atoms with E-state index in [1.165, 1.54) is 0 Å². The fourth-order valence-electron chi connectivity index (χ4n) is 2.80. The van der Waals surface area contributed by atoms with Crippen LogP contribution in [0.4, 0.5) is 5.69 Å². The SMILES string of the molecule is Cc1cccc(NC(=O)COC(=O)c2ccccc2COc2ccccc2)c1C. The molecule has 0 radical (unpaired) electrons. The molecule has 1 amide bonds. The highest BCUT2D eigenvalue weighted by molar-refractivity contribution is 5.96. The Morgan fingerprint density at radius 3 is 2.38 bits per heavy atom. The van der Waals surface area contributed by atoms with Gasteiger partial charge in [-0.15, -0.1) is 0 Å². The van der Waals surface area contributed by atoms with Gasteiger partial charge in [-0.1, -0.05) is 48.5 Å². The van der Waals surface area contributed by atoms with Crippen LogP contribution in [0.3, 0.4) is 0 Å². The number of amides is 1. The number of carbonyl (C=O) groups is 2. The summed E-state index contributed by atoms with van der Waals surface area (Å²) in [5.41, 5.74) is 3.84. The standard InChI is InChI=1S/C24H23NO4/c1-17-9-8-14-22(18(17)2)25-23(26)16-29-24(27)21-13-7-6-10-19(21)15-28-20-11-4-3-5-12-20/h3-14H,15-16H2,1-2H3,(H,25,26). The van der Waals surface area contributed by atoms with E-state index >= 15 is 0 Å². The molecule has 0 aliphatic heterocycles. The first-order chi connectivity index (χ1) is 14.0. The van der Waals surface area contributed by atoms with E-state index in [4.69, 9.17) is 9.47 Å². The van der Waals surface area contributed by atoms with Gasteiger partial charge in [-0.3, -0.25) is 4.79 Å². The second-order valence-corrected chi connectivity index (χ2v) is 6.63. The minimum absolute atomic E-state index is 0.226. The van der Waals surface area contributed by atoms with E-state index < -0.39 is 5.97 Å². The van der Waals surface area contributed by atoms with Gasteiger partial charge in [-0.2, -0.15) is 0 Å². The lowest BCUT2D eigenvalue weighted by Crippen LogP contribution is -2.22. The van der Waals surface area contributed by atoms with Gasteiger partial charge in [0.05, 0.1) is 5.56 Å². The molecule has 0 unspecified atom stereocenters. The summed E-state index contributed by atoms with van der Waals surface area (Å²) in [6.07, 6.45) is 0. The number of para-hydroxylation sites is 1. The van der Waals surface area contributed by atoms with Gasteiger partial charge in [0, 0.05) is 11.3 Å². The number of aryl methyl sites for hydroxylation is 1. The third-order valence-electron chi connectivity index (χ3n) is 4.59. The third kappa shape index (κ3) is 5.45. The Labute approximate surface area is 170 Å². The van der Waals surface area contributed by atoms with Crippen LogP contribution in [0.15, 0.2) is 72.8 Å². The smallest absolute Gasteiger partial charge is 0.339 e. The molecule has 0 fully saturated rings. The zero-order chi connectivity index (χ0) is 20.6. The highest BCUT2D eigenvalue weighted by Crippen LogP contribution is 2.18. The van der Waals surface area contributed by atoms with E-state index in [0.29, 0.717) is 22.6 Å². The normalized spacial score (nSPS) is 10.3. The van der Waals surface area contributed by atoms with Gasteiger partial charge < -0.3 is 14.8 Å². The molecule has 3 rings (SSSR count). The largest absolute Gasteiger partial charge is 0.489 e. The van der Waals surface area contributed by atoms with Gasteiger partial charge in [-0.05, 0) is 49.2 Å². The van der Waals surface area contributed by atoms with E-state index in [-0.39, 0.29) is 19.1 Å². The predicted molar refractivity (Wildman–Crippen MR) is 112 cm³/mol. The molecule has 1 N–H and O–H groups in total. The van der Waals surface area contributed by atoms with Crippen LogP contribution in [-0.2, 0) is 16.1 Å². The maximum atomic E-state index is 12.5. The van der Waals surface area contributed by atoms with Crippen LogP contribution in [0, 0.1) is 13.8 Å². The second kappa shape index (κ2) is 9.55. The van der Waals surface area contributed by atoms with Crippen LogP contribution in [0.1, 0.15) is 27.0 Å². The van der Waals surface area contributed by atoms with Gasteiger partial charge in [0.2, 0.25) is 0 Å². The first kappa shape index (κ1) is 20.1. The average Bonchev–Trinajstić information content (AvgIpc) is 2.75. The first-order valence-corrected chi connectivity index (χ1v) is 9.33. The van der Waals surface area contributed by atoms with Crippen molar-refractivity contribution >= 4 is 17.6 Å². The van der Waals surface area contributed by atoms with Gasteiger partial charge in [0.15, 0.2) is 6.61 Å². The van der Waals surface area contributed by atoms with Crippen LogP contribution in [0.2, 0.25) is 0 Å². The Bertz CT molecular complexity index is 999. The Balaban J connectivity index is 1.59. The van der Waals surface area contributed by atoms with Crippen LogP contribution in [0.25, 0.3) is 0 Å². The number of esters is 1. The van der Waals surface area contributed by atoms with Crippen LogP contribution in [-0.4, -0.2) is 18.5 Å². The lowest BCUT2D eigenvalue weighted by molar-refractivity contribution is -0.119. The summed E-state index contributed by atoms with van der Waals surface area (Å²) in [5, 5.41) is 2.78. The first-order valence-electron chi connectivity index (χ1n) is 9.33. The molecule has 3 aromatic rings. The van der Waals surface area contributed by atoms with Crippen molar-refractivity contribution in [2.24, 2.45) is 0 Å². The second-order valence-electron chi connectivity index (χ2n) is 6.63. The molecule has 0 aliphatic carbocycles. The number of carbonyl (C=O) groups excluding carboxylic acids is 2. The van der Waals surface area contributed by atoms with Crippen molar-refractivity contribution in [3.63, 3.8) is 0 Å². The van der Waals surface area contributed by atoms with Gasteiger partial charge in [0.25, 0.3) is 5.91 Å². The summed E-state index contributed by atoms with van der Waals surface area (Å²) < 4.78 is 10.9. The molecule has 0 heterocycles. The number of rotatable bonds is 7. The summed E-state index contributed by atoms with van der Waals surface area (Å²) in [7, 11) is 0. The minimum Gasteiger partial charge on any atom is -0.489 e. The molecular formula is C24H23NO4. The molecule has 3 aromatic carbocycles. The van der Waals surface area contributed by atoms with E-state index in [2.05, 4.69) is 5.32 Å². The monoisotopic (exact) mass is 389 g/mol. The maximum Gasteiger partial charge on any atom is 0.339 e. The fraction of sp³-hybridized carbons (Fsp3) is 0.167. The van der Waals surface area contributed by atoms with E-state index in [1.807, 2.05) is 68.4 Å². The number of benzene rings is 3. The predicted octanol–water partition coefficient (Wildman–Crippen LogP) is 4.68. The van der Waals surface area contributed by atoms with Crippen molar-refractivity contribution in [2.75, 3.05) is 11.9 Å². The van der Waals surface area contributed by atoms with Gasteiger partial charge in [0.1, 0.15) is 12.4 Å². The van der Waals surface area contributed by atoms with Crippen molar-refractivity contribution in [1.29, 1.82) is 0 Å². The number of ether oxygens (including phenoxy) is 2. The van der Waals surface area contributed by atoms with Crippen molar-refractivity contribution in [1.82, 2.24) is 0 Å². The molecule has 0 aliphatic rings. The van der Waals surface area contributed by atoms with Crippen molar-refractivity contribution in [2.45, 2.75) is 20.5 Å². The highest BCUT2D eigenvalue weighted by Gasteiger charge is 2.15. The zero-order valence-electron chi connectivity index (χ0n) is 16.5. The molecule has 0 aromatic heterocycles. The van der Waals surface area contributed by atoms with Crippen LogP contribution in [0.5, 0.6) is 5.75 Å². The van der Waals surface area contributed by atoms with Crippen LogP contribution >= 0.6 is 0 Å². The fourth-order valence-corrected chi connectivity index (χ4v) is 2.80. The Morgan fingerprint density at radius 2 is 1.59 bits per heavy atom. The van der Waals surface area contributed by atoms with E-state index in [1.54, 1.807) is 18.2 Å². The molecule has 148 valence electrons. The Hall–Kier alpha value is -3.60. The van der Waals surface area contributed by atoms with E-state index in [0.717, 1.165) is 11.1 Å². The maximum absolute atomic E-state index is 12.5. The summed E-state index contributed by atoms with van der Waals surface area (Å²) in [5.74, 6) is -0.234. The molecule has 5 nitrogen and oxygen atoms in total. The minimum atomic E-state index is -0.562. The number of nitrogens with one attached hydrogen (secondary N) is 1. The molecule has 0 saturated heterocycles. The third-order valence-corrected chi connectivity index (χ3v) is 4.59. The average molecular weight is 389 g/mol. The molecule has 29 heavy (non-hydrogen) atoms. The molecule has 0 bridgehead atoms. The lowest BCUT2D eigenvalue weighted by atomic mass is 10.1. The summed E-state index contributed by atoms with van der Waals surface area (Å²) in [6.45, 7) is 3.77.